The van der Waals surface area contributed by atoms with E-state index >= 15 is 0 Å². The van der Waals surface area contributed by atoms with Crippen molar-refractivity contribution in [1.29, 1.82) is 0 Å². The summed E-state index contributed by atoms with van der Waals surface area (Å²) in [5.74, 6) is -0.490. The molecule has 0 fully saturated rings. The minimum atomic E-state index is -0.548. The van der Waals surface area contributed by atoms with Crippen molar-refractivity contribution in [3.8, 4) is 5.75 Å². The molecule has 0 saturated carbocycles. The normalized spacial score (nSPS) is 11.2. The second kappa shape index (κ2) is 7.86. The molecule has 0 radical (unpaired) electrons. The molecule has 0 spiro atoms. The van der Waals surface area contributed by atoms with Crippen molar-refractivity contribution in [2.75, 3.05) is 13.2 Å². The molecule has 0 aliphatic carbocycles. The van der Waals surface area contributed by atoms with E-state index in [1.807, 2.05) is 0 Å². The second-order valence-corrected chi connectivity index (χ2v) is 3.36. The van der Waals surface area contributed by atoms with Gasteiger partial charge < -0.3 is 15.8 Å². The summed E-state index contributed by atoms with van der Waals surface area (Å²) >= 11 is 0. The van der Waals surface area contributed by atoms with Gasteiger partial charge in [0.1, 0.15) is 6.61 Å². The average molecular weight is 263 g/mol. The van der Waals surface area contributed by atoms with Gasteiger partial charge in [-0.3, -0.25) is 4.79 Å². The Bertz CT molecular complexity index is 361. The van der Waals surface area contributed by atoms with E-state index in [4.69, 9.17) is 10.5 Å². The van der Waals surface area contributed by atoms with Crippen LogP contribution in [-0.4, -0.2) is 25.1 Å². The predicted molar refractivity (Wildman–Crippen MR) is 65.8 cm³/mol. The Morgan fingerprint density at radius 3 is 2.76 bits per heavy atom. The largest absolute Gasteiger partial charge is 0.489 e. The number of carbonyl (C=O) groups is 1. The molecule has 0 unspecified atom stereocenters. The number of rotatable bonds is 5. The van der Waals surface area contributed by atoms with Crippen molar-refractivity contribution < 1.29 is 13.9 Å². The molecule has 17 heavy (non-hydrogen) atoms. The van der Waals surface area contributed by atoms with Gasteiger partial charge in [-0.1, -0.05) is 12.1 Å². The summed E-state index contributed by atoms with van der Waals surface area (Å²) in [7, 11) is 0. The quantitative estimate of drug-likeness (QED) is 0.781. The third-order valence-corrected chi connectivity index (χ3v) is 1.91. The van der Waals surface area contributed by atoms with Crippen molar-refractivity contribution in [3.05, 3.63) is 30.1 Å². The number of hydrogen-bond acceptors (Lipinski definition) is 3. The van der Waals surface area contributed by atoms with E-state index in [2.05, 4.69) is 5.32 Å². The van der Waals surface area contributed by atoms with Gasteiger partial charge in [0.25, 0.3) is 0 Å². The van der Waals surface area contributed by atoms with Crippen molar-refractivity contribution >= 4 is 18.3 Å². The van der Waals surface area contributed by atoms with Crippen molar-refractivity contribution in [3.63, 3.8) is 0 Å². The van der Waals surface area contributed by atoms with E-state index in [9.17, 15) is 9.18 Å². The molecule has 1 aromatic rings. The first-order chi connectivity index (χ1) is 7.61. The van der Waals surface area contributed by atoms with Crippen LogP contribution in [0.25, 0.3) is 0 Å². The summed E-state index contributed by atoms with van der Waals surface area (Å²) < 4.78 is 18.2. The third-order valence-electron chi connectivity index (χ3n) is 1.91. The predicted octanol–water partition coefficient (Wildman–Crippen LogP) is 1.09. The van der Waals surface area contributed by atoms with Crippen LogP contribution >= 0.6 is 12.4 Å². The maximum absolute atomic E-state index is 13.1. The fourth-order valence-corrected chi connectivity index (χ4v) is 1.06. The number of ether oxygens (including phenoxy) is 1. The lowest BCUT2D eigenvalue weighted by Crippen LogP contribution is -2.40. The standard InChI is InChI=1S/C11H15FN2O2.ClH/c1-8(13)11(15)14-6-7-16-10-5-3-2-4-9(10)12;/h2-5,8H,6-7,13H2,1H3,(H,14,15);1H/t8-;/m1./s1. The van der Waals surface area contributed by atoms with E-state index in [1.54, 1.807) is 19.1 Å². The maximum Gasteiger partial charge on any atom is 0.236 e. The van der Waals surface area contributed by atoms with Crippen molar-refractivity contribution in [2.24, 2.45) is 5.73 Å². The van der Waals surface area contributed by atoms with Gasteiger partial charge in [0.15, 0.2) is 11.6 Å². The van der Waals surface area contributed by atoms with Crippen LogP contribution in [0.5, 0.6) is 5.75 Å². The molecule has 4 nitrogen and oxygen atoms in total. The molecule has 96 valence electrons. The van der Waals surface area contributed by atoms with Crippen molar-refractivity contribution in [1.82, 2.24) is 5.32 Å². The Morgan fingerprint density at radius 1 is 1.53 bits per heavy atom. The highest BCUT2D eigenvalue weighted by Gasteiger charge is 2.06. The number of benzene rings is 1. The molecule has 1 amide bonds. The van der Waals surface area contributed by atoms with Crippen LogP contribution in [0.2, 0.25) is 0 Å². The Hall–Kier alpha value is -1.33. The minimum Gasteiger partial charge on any atom is -0.489 e. The number of carbonyl (C=O) groups excluding carboxylic acids is 1. The van der Waals surface area contributed by atoms with Gasteiger partial charge in [-0.15, -0.1) is 12.4 Å². The lowest BCUT2D eigenvalue weighted by Gasteiger charge is -2.09. The summed E-state index contributed by atoms with van der Waals surface area (Å²) in [5, 5.41) is 2.56. The second-order valence-electron chi connectivity index (χ2n) is 3.36. The van der Waals surface area contributed by atoms with Gasteiger partial charge in [-0.05, 0) is 19.1 Å². The molecule has 0 bridgehead atoms. The first kappa shape index (κ1) is 15.7. The number of nitrogens with one attached hydrogen (secondary N) is 1. The Balaban J connectivity index is 0.00000256. The number of hydrogen-bond donors (Lipinski definition) is 2. The third kappa shape index (κ3) is 5.51. The highest BCUT2D eigenvalue weighted by Crippen LogP contribution is 2.14. The maximum atomic E-state index is 13.1. The van der Waals surface area contributed by atoms with Gasteiger partial charge in [0.2, 0.25) is 5.91 Å². The first-order valence-electron chi connectivity index (χ1n) is 5.02. The highest BCUT2D eigenvalue weighted by atomic mass is 35.5. The molecule has 1 atom stereocenters. The SMILES string of the molecule is C[C@@H](N)C(=O)NCCOc1ccccc1F.Cl. The summed E-state index contributed by atoms with van der Waals surface area (Å²) in [4.78, 5) is 11.1. The van der Waals surface area contributed by atoms with Crippen LogP contribution in [0.3, 0.4) is 0 Å². The van der Waals surface area contributed by atoms with Crippen LogP contribution < -0.4 is 15.8 Å². The monoisotopic (exact) mass is 262 g/mol. The van der Waals surface area contributed by atoms with Crippen LogP contribution in [0, 0.1) is 5.82 Å². The Morgan fingerprint density at radius 2 is 2.18 bits per heavy atom. The summed E-state index contributed by atoms with van der Waals surface area (Å²) in [6.07, 6.45) is 0. The highest BCUT2D eigenvalue weighted by molar-refractivity contribution is 5.85. The zero-order valence-electron chi connectivity index (χ0n) is 9.48. The number of amides is 1. The van der Waals surface area contributed by atoms with Crippen LogP contribution in [0.15, 0.2) is 24.3 Å². The lowest BCUT2D eigenvalue weighted by molar-refractivity contribution is -0.122. The number of para-hydroxylation sites is 1. The Kier molecular flexibility index (Phi) is 7.25. The minimum absolute atomic E-state index is 0. The van der Waals surface area contributed by atoms with E-state index < -0.39 is 11.9 Å². The van der Waals surface area contributed by atoms with E-state index in [0.717, 1.165) is 0 Å². The molecule has 0 saturated heterocycles. The topological polar surface area (TPSA) is 64.4 Å². The lowest BCUT2D eigenvalue weighted by atomic mass is 10.3. The van der Waals surface area contributed by atoms with Crippen LogP contribution in [0.4, 0.5) is 4.39 Å². The van der Waals surface area contributed by atoms with Crippen LogP contribution in [-0.2, 0) is 4.79 Å². The number of nitrogens with two attached hydrogens (primary N) is 1. The zero-order chi connectivity index (χ0) is 12.0. The van der Waals surface area contributed by atoms with Gasteiger partial charge in [0, 0.05) is 0 Å². The molecule has 0 heterocycles. The number of halogens is 2. The molecule has 0 aliphatic heterocycles. The molecule has 1 aromatic carbocycles. The molecular weight excluding hydrogens is 247 g/mol. The Labute approximate surface area is 106 Å². The molecular formula is C11H16ClFN2O2. The van der Waals surface area contributed by atoms with Gasteiger partial charge >= 0.3 is 0 Å². The van der Waals surface area contributed by atoms with Gasteiger partial charge in [0.05, 0.1) is 12.6 Å². The zero-order valence-corrected chi connectivity index (χ0v) is 10.3. The smallest absolute Gasteiger partial charge is 0.236 e. The van der Waals surface area contributed by atoms with E-state index in [-0.39, 0.29) is 30.7 Å². The fraction of sp³-hybridized carbons (Fsp3) is 0.364. The molecule has 6 heteroatoms. The molecule has 3 N–H and O–H groups in total. The molecule has 1 rings (SSSR count). The van der Waals surface area contributed by atoms with Gasteiger partial charge in [-0.2, -0.15) is 0 Å². The van der Waals surface area contributed by atoms with Gasteiger partial charge in [-0.25, -0.2) is 4.39 Å². The molecule has 0 aliphatic rings. The average Bonchev–Trinajstić information content (AvgIpc) is 2.26. The first-order valence-corrected chi connectivity index (χ1v) is 5.02. The van der Waals surface area contributed by atoms with Crippen LogP contribution in [0.1, 0.15) is 6.92 Å². The fourth-order valence-electron chi connectivity index (χ4n) is 1.06. The summed E-state index contributed by atoms with van der Waals surface area (Å²) in [6.45, 7) is 2.10. The summed E-state index contributed by atoms with van der Waals surface area (Å²) in [6, 6.07) is 5.56. The molecule has 0 aromatic heterocycles. The van der Waals surface area contributed by atoms with E-state index in [1.165, 1.54) is 12.1 Å². The van der Waals surface area contributed by atoms with E-state index in [0.29, 0.717) is 6.54 Å². The van der Waals surface area contributed by atoms with Crippen molar-refractivity contribution in [2.45, 2.75) is 13.0 Å². The summed E-state index contributed by atoms with van der Waals surface area (Å²) in [5.41, 5.74) is 5.34.